The lowest BCUT2D eigenvalue weighted by Gasteiger charge is -2.33. The normalized spacial score (nSPS) is 16.0. The Morgan fingerprint density at radius 3 is 2.80 bits per heavy atom. The molecule has 6 nitrogen and oxygen atoms in total. The third kappa shape index (κ3) is 3.39. The minimum absolute atomic E-state index is 0.743. The molecule has 0 N–H and O–H groups in total. The minimum atomic E-state index is 0.743. The maximum Gasteiger partial charge on any atom is 0.298 e. The van der Waals surface area contributed by atoms with Gasteiger partial charge in [-0.05, 0) is 31.0 Å². The molecular weight excluding hydrogens is 314 g/mol. The van der Waals surface area contributed by atoms with Crippen LogP contribution in [0.5, 0.6) is 0 Å². The van der Waals surface area contributed by atoms with Crippen molar-refractivity contribution in [2.24, 2.45) is 0 Å². The van der Waals surface area contributed by atoms with Gasteiger partial charge in [-0.3, -0.25) is 4.90 Å². The van der Waals surface area contributed by atoms with E-state index in [1.807, 2.05) is 12.3 Å². The number of benzene rings is 1. The molecule has 0 saturated carbocycles. The van der Waals surface area contributed by atoms with Crippen molar-refractivity contribution in [3.05, 3.63) is 42.0 Å². The van der Waals surface area contributed by atoms with E-state index in [0.717, 1.165) is 68.6 Å². The highest BCUT2D eigenvalue weighted by atomic mass is 16.4. The third-order valence-electron chi connectivity index (χ3n) is 4.81. The van der Waals surface area contributed by atoms with Crippen LogP contribution in [0, 0.1) is 6.92 Å². The van der Waals surface area contributed by atoms with Crippen LogP contribution in [0.15, 0.2) is 35.0 Å². The van der Waals surface area contributed by atoms with E-state index in [1.54, 1.807) is 0 Å². The largest absolute Gasteiger partial charge is 0.423 e. The summed E-state index contributed by atoms with van der Waals surface area (Å²) < 4.78 is 8.19. The average molecular weight is 339 g/mol. The highest BCUT2D eigenvalue weighted by Gasteiger charge is 2.22. The standard InChI is InChI=1S/C19H25N5O/c1-3-7-23-8-6-20-18(23)14-22-9-11-24(12-10-22)19-21-16-13-15(2)4-5-17(16)25-19/h4-6,8,13H,3,7,9-12,14H2,1-2H3. The van der Waals surface area contributed by atoms with E-state index < -0.39 is 0 Å². The molecule has 3 heterocycles. The molecule has 25 heavy (non-hydrogen) atoms. The molecule has 1 fully saturated rings. The quantitative estimate of drug-likeness (QED) is 0.715. The monoisotopic (exact) mass is 339 g/mol. The Morgan fingerprint density at radius 2 is 2.00 bits per heavy atom. The molecule has 3 aromatic rings. The van der Waals surface area contributed by atoms with Gasteiger partial charge in [0.15, 0.2) is 5.58 Å². The van der Waals surface area contributed by atoms with Crippen LogP contribution in [0.1, 0.15) is 24.7 Å². The highest BCUT2D eigenvalue weighted by Crippen LogP contribution is 2.23. The maximum absolute atomic E-state index is 5.93. The maximum atomic E-state index is 5.93. The second-order valence-corrected chi connectivity index (χ2v) is 6.77. The Balaban J connectivity index is 1.39. The summed E-state index contributed by atoms with van der Waals surface area (Å²) in [6, 6.07) is 6.89. The number of rotatable bonds is 5. The fourth-order valence-electron chi connectivity index (χ4n) is 3.39. The van der Waals surface area contributed by atoms with Gasteiger partial charge in [-0.25, -0.2) is 4.98 Å². The van der Waals surface area contributed by atoms with Gasteiger partial charge in [-0.2, -0.15) is 4.98 Å². The van der Waals surface area contributed by atoms with E-state index in [-0.39, 0.29) is 0 Å². The van der Waals surface area contributed by atoms with E-state index >= 15 is 0 Å². The molecule has 0 aliphatic carbocycles. The van der Waals surface area contributed by atoms with Gasteiger partial charge in [0.25, 0.3) is 6.01 Å². The summed E-state index contributed by atoms with van der Waals surface area (Å²) in [5, 5.41) is 0. The Labute approximate surface area is 148 Å². The molecule has 132 valence electrons. The first-order chi connectivity index (χ1) is 12.2. The van der Waals surface area contributed by atoms with E-state index in [9.17, 15) is 0 Å². The lowest BCUT2D eigenvalue weighted by atomic mass is 10.2. The highest BCUT2D eigenvalue weighted by molar-refractivity contribution is 5.75. The number of oxazole rings is 1. The summed E-state index contributed by atoms with van der Waals surface area (Å²) in [6.45, 7) is 10.1. The van der Waals surface area contributed by atoms with Gasteiger partial charge in [-0.15, -0.1) is 0 Å². The first-order valence-corrected chi connectivity index (χ1v) is 9.07. The van der Waals surface area contributed by atoms with Gasteiger partial charge < -0.3 is 13.9 Å². The summed E-state index contributed by atoms with van der Waals surface area (Å²) in [5.74, 6) is 1.16. The van der Waals surface area contributed by atoms with Crippen LogP contribution in [0.25, 0.3) is 11.1 Å². The molecule has 0 unspecified atom stereocenters. The minimum Gasteiger partial charge on any atom is -0.423 e. The van der Waals surface area contributed by atoms with E-state index in [4.69, 9.17) is 4.42 Å². The molecule has 0 atom stereocenters. The van der Waals surface area contributed by atoms with Crippen molar-refractivity contribution in [2.45, 2.75) is 33.4 Å². The fraction of sp³-hybridized carbons (Fsp3) is 0.474. The predicted molar refractivity (Wildman–Crippen MR) is 98.8 cm³/mol. The van der Waals surface area contributed by atoms with E-state index in [2.05, 4.69) is 56.5 Å². The smallest absolute Gasteiger partial charge is 0.298 e. The average Bonchev–Trinajstić information content (AvgIpc) is 3.22. The molecule has 1 aliphatic heterocycles. The number of aryl methyl sites for hydroxylation is 2. The first kappa shape index (κ1) is 16.1. The third-order valence-corrected chi connectivity index (χ3v) is 4.81. The SMILES string of the molecule is CCCn1ccnc1CN1CCN(c2nc3cc(C)ccc3o2)CC1. The van der Waals surface area contributed by atoms with Gasteiger partial charge >= 0.3 is 0 Å². The summed E-state index contributed by atoms with van der Waals surface area (Å²) in [6.07, 6.45) is 5.12. The number of nitrogens with zero attached hydrogens (tertiary/aromatic N) is 5. The molecule has 2 aromatic heterocycles. The van der Waals surface area contributed by atoms with Crippen molar-refractivity contribution in [3.8, 4) is 0 Å². The van der Waals surface area contributed by atoms with Crippen LogP contribution in [-0.4, -0.2) is 45.6 Å². The van der Waals surface area contributed by atoms with Gasteiger partial charge in [-0.1, -0.05) is 13.0 Å². The van der Waals surface area contributed by atoms with Gasteiger partial charge in [0.05, 0.1) is 6.54 Å². The first-order valence-electron chi connectivity index (χ1n) is 9.07. The molecule has 4 rings (SSSR count). The number of anilines is 1. The van der Waals surface area contributed by atoms with Crippen molar-refractivity contribution in [1.82, 2.24) is 19.4 Å². The molecule has 0 amide bonds. The van der Waals surface area contributed by atoms with E-state index in [1.165, 1.54) is 5.56 Å². The van der Waals surface area contributed by atoms with Gasteiger partial charge in [0.1, 0.15) is 11.3 Å². The van der Waals surface area contributed by atoms with Crippen LogP contribution in [0.4, 0.5) is 6.01 Å². The molecule has 6 heteroatoms. The second kappa shape index (κ2) is 6.88. The van der Waals surface area contributed by atoms with Crippen LogP contribution in [0.3, 0.4) is 0 Å². The summed E-state index contributed by atoms with van der Waals surface area (Å²) in [4.78, 5) is 13.9. The zero-order valence-corrected chi connectivity index (χ0v) is 15.0. The summed E-state index contributed by atoms with van der Waals surface area (Å²) >= 11 is 0. The topological polar surface area (TPSA) is 50.3 Å². The van der Waals surface area contributed by atoms with E-state index in [0.29, 0.717) is 0 Å². The summed E-state index contributed by atoms with van der Waals surface area (Å²) in [5.41, 5.74) is 3.02. The Hall–Kier alpha value is -2.34. The number of aromatic nitrogens is 3. The van der Waals surface area contributed by atoms with Crippen LogP contribution in [0.2, 0.25) is 0 Å². The van der Waals surface area contributed by atoms with Crippen LogP contribution < -0.4 is 4.90 Å². The zero-order valence-electron chi connectivity index (χ0n) is 15.0. The molecular formula is C19H25N5O. The zero-order chi connectivity index (χ0) is 17.2. The lowest BCUT2D eigenvalue weighted by Crippen LogP contribution is -2.46. The fourth-order valence-corrected chi connectivity index (χ4v) is 3.39. The van der Waals surface area contributed by atoms with Crippen molar-refractivity contribution in [2.75, 3.05) is 31.1 Å². The number of imidazole rings is 1. The molecule has 0 radical (unpaired) electrons. The Kier molecular flexibility index (Phi) is 4.44. The summed E-state index contributed by atoms with van der Waals surface area (Å²) in [7, 11) is 0. The Morgan fingerprint density at radius 1 is 1.16 bits per heavy atom. The number of hydrogen-bond acceptors (Lipinski definition) is 5. The van der Waals surface area contributed by atoms with Gasteiger partial charge in [0, 0.05) is 45.1 Å². The van der Waals surface area contributed by atoms with Crippen molar-refractivity contribution in [1.29, 1.82) is 0 Å². The number of fused-ring (bicyclic) bond motifs is 1. The molecule has 0 bridgehead atoms. The molecule has 0 spiro atoms. The number of hydrogen-bond donors (Lipinski definition) is 0. The van der Waals surface area contributed by atoms with Gasteiger partial charge in [0.2, 0.25) is 0 Å². The number of piperazine rings is 1. The second-order valence-electron chi connectivity index (χ2n) is 6.77. The van der Waals surface area contributed by atoms with Crippen molar-refractivity contribution in [3.63, 3.8) is 0 Å². The molecule has 1 saturated heterocycles. The Bertz CT molecular complexity index is 844. The van der Waals surface area contributed by atoms with Crippen molar-refractivity contribution >= 4 is 17.1 Å². The lowest BCUT2D eigenvalue weighted by molar-refractivity contribution is 0.236. The predicted octanol–water partition coefficient (Wildman–Crippen LogP) is 3.06. The molecule has 1 aromatic carbocycles. The van der Waals surface area contributed by atoms with Crippen molar-refractivity contribution < 1.29 is 4.42 Å². The van der Waals surface area contributed by atoms with Crippen LogP contribution in [-0.2, 0) is 13.1 Å². The van der Waals surface area contributed by atoms with Crippen LogP contribution >= 0.6 is 0 Å². The molecule has 1 aliphatic rings.